The number of hydrogen-bond acceptors (Lipinski definition) is 4. The standard InChI is InChI=1S/C9H15F3N2O4/c1-5(4-18-17)6(2)7(15)13-14(3)8(16)9(10,11)12/h5-6,17H,4H2,1-3H3,(H,13,15). The van der Waals surface area contributed by atoms with Crippen LogP contribution in [0, 0.1) is 11.8 Å². The Labute approximate surface area is 102 Å². The molecule has 0 saturated carbocycles. The summed E-state index contributed by atoms with van der Waals surface area (Å²) >= 11 is 0. The van der Waals surface area contributed by atoms with Crippen molar-refractivity contribution in [3.63, 3.8) is 0 Å². The van der Waals surface area contributed by atoms with Crippen molar-refractivity contribution in [3.8, 4) is 0 Å². The minimum Gasteiger partial charge on any atom is -0.273 e. The fourth-order valence-electron chi connectivity index (χ4n) is 1.03. The highest BCUT2D eigenvalue weighted by Crippen LogP contribution is 2.17. The zero-order valence-electron chi connectivity index (χ0n) is 10.1. The van der Waals surface area contributed by atoms with Gasteiger partial charge >= 0.3 is 12.1 Å². The lowest BCUT2D eigenvalue weighted by molar-refractivity contribution is -0.252. The smallest absolute Gasteiger partial charge is 0.273 e. The van der Waals surface area contributed by atoms with Crippen LogP contribution < -0.4 is 5.43 Å². The van der Waals surface area contributed by atoms with Crippen LogP contribution in [0.5, 0.6) is 0 Å². The summed E-state index contributed by atoms with van der Waals surface area (Å²) in [6.07, 6.45) is -5.05. The molecule has 0 radical (unpaired) electrons. The van der Waals surface area contributed by atoms with Crippen LogP contribution in [0.3, 0.4) is 0 Å². The van der Waals surface area contributed by atoms with Crippen LogP contribution in [0.4, 0.5) is 13.2 Å². The van der Waals surface area contributed by atoms with E-state index < -0.39 is 29.8 Å². The molecule has 6 nitrogen and oxygen atoms in total. The lowest BCUT2D eigenvalue weighted by Gasteiger charge is -2.23. The van der Waals surface area contributed by atoms with Crippen molar-refractivity contribution in [1.82, 2.24) is 10.4 Å². The first kappa shape index (κ1) is 16.6. The number of nitrogens with zero attached hydrogens (tertiary/aromatic N) is 1. The number of alkyl halides is 3. The van der Waals surface area contributed by atoms with Crippen LogP contribution >= 0.6 is 0 Å². The van der Waals surface area contributed by atoms with Gasteiger partial charge in [0.05, 0.1) is 6.61 Å². The highest BCUT2D eigenvalue weighted by atomic mass is 19.4. The molecule has 0 fully saturated rings. The number of amides is 2. The van der Waals surface area contributed by atoms with Crippen molar-refractivity contribution in [2.24, 2.45) is 11.8 Å². The van der Waals surface area contributed by atoms with Gasteiger partial charge in [-0.3, -0.25) is 20.3 Å². The lowest BCUT2D eigenvalue weighted by atomic mass is 9.96. The second-order valence-electron chi connectivity index (χ2n) is 3.90. The maximum absolute atomic E-state index is 12.0. The molecular formula is C9H15F3N2O4. The largest absolute Gasteiger partial charge is 0.473 e. The van der Waals surface area contributed by atoms with Gasteiger partial charge in [0.15, 0.2) is 0 Å². The van der Waals surface area contributed by atoms with E-state index in [1.165, 1.54) is 6.92 Å². The van der Waals surface area contributed by atoms with Gasteiger partial charge in [0, 0.05) is 13.0 Å². The number of rotatable bonds is 4. The number of hydrogen-bond donors (Lipinski definition) is 2. The van der Waals surface area contributed by atoms with Crippen molar-refractivity contribution in [2.75, 3.05) is 13.7 Å². The predicted octanol–water partition coefficient (Wildman–Crippen LogP) is 0.800. The minimum absolute atomic E-state index is 0.0748. The summed E-state index contributed by atoms with van der Waals surface area (Å²) in [6.45, 7) is 2.85. The summed E-state index contributed by atoms with van der Waals surface area (Å²) in [5.74, 6) is -4.11. The highest BCUT2D eigenvalue weighted by molar-refractivity contribution is 5.85. The summed E-state index contributed by atoms with van der Waals surface area (Å²) in [4.78, 5) is 26.1. The molecule has 2 amide bonds. The van der Waals surface area contributed by atoms with E-state index in [-0.39, 0.29) is 11.6 Å². The van der Waals surface area contributed by atoms with Gasteiger partial charge in [-0.1, -0.05) is 13.8 Å². The van der Waals surface area contributed by atoms with Gasteiger partial charge in [0.2, 0.25) is 5.91 Å². The molecule has 0 aliphatic rings. The van der Waals surface area contributed by atoms with E-state index in [0.717, 1.165) is 7.05 Å². The Morgan fingerprint density at radius 1 is 1.39 bits per heavy atom. The van der Waals surface area contributed by atoms with Crippen LogP contribution in [0.15, 0.2) is 0 Å². The van der Waals surface area contributed by atoms with Crippen molar-refractivity contribution < 1.29 is 32.9 Å². The Morgan fingerprint density at radius 2 is 1.89 bits per heavy atom. The minimum atomic E-state index is -5.05. The highest BCUT2D eigenvalue weighted by Gasteiger charge is 2.42. The van der Waals surface area contributed by atoms with E-state index in [4.69, 9.17) is 5.26 Å². The van der Waals surface area contributed by atoms with E-state index in [1.807, 2.05) is 5.43 Å². The fourth-order valence-corrected chi connectivity index (χ4v) is 1.03. The van der Waals surface area contributed by atoms with Crippen LogP contribution in [0.25, 0.3) is 0 Å². The number of halogens is 3. The molecule has 2 atom stereocenters. The quantitative estimate of drug-likeness (QED) is 0.586. The molecule has 2 N–H and O–H groups in total. The molecule has 0 heterocycles. The molecule has 0 saturated heterocycles. The first-order valence-corrected chi connectivity index (χ1v) is 5.03. The van der Waals surface area contributed by atoms with Crippen molar-refractivity contribution in [2.45, 2.75) is 20.0 Å². The lowest BCUT2D eigenvalue weighted by Crippen LogP contribution is -2.51. The van der Waals surface area contributed by atoms with Crippen LogP contribution in [0.1, 0.15) is 13.8 Å². The molecule has 0 aliphatic heterocycles. The molecule has 0 aromatic carbocycles. The first-order chi connectivity index (χ1) is 8.11. The Balaban J connectivity index is 4.44. The van der Waals surface area contributed by atoms with Gasteiger partial charge < -0.3 is 0 Å². The summed E-state index contributed by atoms with van der Waals surface area (Å²) in [5.41, 5.74) is 1.81. The number of carbonyl (C=O) groups excluding carboxylic acids is 2. The second kappa shape index (κ2) is 6.55. The predicted molar refractivity (Wildman–Crippen MR) is 53.9 cm³/mol. The summed E-state index contributed by atoms with van der Waals surface area (Å²) in [7, 11) is 0.799. The summed E-state index contributed by atoms with van der Waals surface area (Å²) in [6, 6.07) is 0. The van der Waals surface area contributed by atoms with E-state index in [9.17, 15) is 22.8 Å². The molecular weight excluding hydrogens is 257 g/mol. The second-order valence-corrected chi connectivity index (χ2v) is 3.90. The Kier molecular flexibility index (Phi) is 6.06. The maximum atomic E-state index is 12.0. The Bertz CT molecular complexity index is 309. The van der Waals surface area contributed by atoms with Gasteiger partial charge in [0.1, 0.15) is 0 Å². The zero-order valence-corrected chi connectivity index (χ0v) is 10.1. The van der Waals surface area contributed by atoms with Gasteiger partial charge in [-0.15, -0.1) is 0 Å². The molecule has 0 spiro atoms. The molecule has 0 bridgehead atoms. The average Bonchev–Trinajstić information content (AvgIpc) is 2.25. The molecule has 18 heavy (non-hydrogen) atoms. The van der Waals surface area contributed by atoms with Gasteiger partial charge in [-0.05, 0) is 5.92 Å². The Hall–Kier alpha value is -1.35. The van der Waals surface area contributed by atoms with E-state index in [2.05, 4.69) is 4.89 Å². The molecule has 9 heteroatoms. The number of hydrazine groups is 1. The monoisotopic (exact) mass is 272 g/mol. The molecule has 0 aromatic heterocycles. The number of nitrogens with one attached hydrogen (secondary N) is 1. The van der Waals surface area contributed by atoms with E-state index in [1.54, 1.807) is 6.92 Å². The van der Waals surface area contributed by atoms with E-state index >= 15 is 0 Å². The summed E-state index contributed by atoms with van der Waals surface area (Å²) < 4.78 is 36.1. The summed E-state index contributed by atoms with van der Waals surface area (Å²) in [5, 5.41) is 8.27. The van der Waals surface area contributed by atoms with Crippen molar-refractivity contribution in [1.29, 1.82) is 0 Å². The fraction of sp³-hybridized carbons (Fsp3) is 0.778. The maximum Gasteiger partial charge on any atom is 0.473 e. The van der Waals surface area contributed by atoms with Crippen molar-refractivity contribution in [3.05, 3.63) is 0 Å². The van der Waals surface area contributed by atoms with Crippen LogP contribution in [0.2, 0.25) is 0 Å². The third-order valence-electron chi connectivity index (χ3n) is 2.43. The number of carbonyl (C=O) groups is 2. The van der Waals surface area contributed by atoms with Crippen LogP contribution in [-0.2, 0) is 14.5 Å². The molecule has 2 unspecified atom stereocenters. The zero-order chi connectivity index (χ0) is 14.5. The third-order valence-corrected chi connectivity index (χ3v) is 2.43. The molecule has 106 valence electrons. The van der Waals surface area contributed by atoms with E-state index in [0.29, 0.717) is 0 Å². The SMILES string of the molecule is CC(COO)C(C)C(=O)NN(C)C(=O)C(F)(F)F. The first-order valence-electron chi connectivity index (χ1n) is 5.03. The molecule has 0 rings (SSSR count). The van der Waals surface area contributed by atoms with Crippen LogP contribution in [-0.4, -0.2) is 41.9 Å². The van der Waals surface area contributed by atoms with Crippen molar-refractivity contribution >= 4 is 11.8 Å². The van der Waals surface area contributed by atoms with Gasteiger partial charge in [-0.2, -0.15) is 13.2 Å². The Morgan fingerprint density at radius 3 is 2.28 bits per heavy atom. The van der Waals surface area contributed by atoms with Gasteiger partial charge in [0.25, 0.3) is 0 Å². The third kappa shape index (κ3) is 4.88. The average molecular weight is 272 g/mol. The van der Waals surface area contributed by atoms with Gasteiger partial charge in [-0.25, -0.2) is 9.90 Å². The topological polar surface area (TPSA) is 78.9 Å². The molecule has 0 aliphatic carbocycles. The molecule has 0 aromatic rings. The normalized spacial score (nSPS) is 14.8.